The standard InChI is InChI=1S/C8H7Cl2NOS/c1-2-13-8(12)7-5(9)3-4-6(10)11-7/h3-4H,2H2,1H3. The molecule has 2 nitrogen and oxygen atoms in total. The third-order valence-electron chi connectivity index (χ3n) is 1.28. The fraction of sp³-hybridized carbons (Fsp3) is 0.250. The summed E-state index contributed by atoms with van der Waals surface area (Å²) >= 11 is 12.6. The number of rotatable bonds is 2. The lowest BCUT2D eigenvalue weighted by Crippen LogP contribution is -1.99. The van der Waals surface area contributed by atoms with Crippen LogP contribution in [0.4, 0.5) is 0 Å². The van der Waals surface area contributed by atoms with E-state index in [4.69, 9.17) is 23.2 Å². The van der Waals surface area contributed by atoms with Gasteiger partial charge >= 0.3 is 0 Å². The van der Waals surface area contributed by atoms with E-state index in [1.807, 2.05) is 6.92 Å². The molecule has 0 spiro atoms. The zero-order valence-electron chi connectivity index (χ0n) is 6.88. The normalized spacial score (nSPS) is 10.1. The highest BCUT2D eigenvalue weighted by atomic mass is 35.5. The SMILES string of the molecule is CCSC(=O)c1nc(Cl)ccc1Cl. The highest BCUT2D eigenvalue weighted by Gasteiger charge is 2.12. The van der Waals surface area contributed by atoms with Crippen LogP contribution < -0.4 is 0 Å². The Balaban J connectivity index is 2.99. The second kappa shape index (κ2) is 4.84. The van der Waals surface area contributed by atoms with Crippen molar-refractivity contribution in [2.24, 2.45) is 0 Å². The number of nitrogens with zero attached hydrogens (tertiary/aromatic N) is 1. The summed E-state index contributed by atoms with van der Waals surface area (Å²) in [5, 5.41) is 0.481. The Labute approximate surface area is 90.6 Å². The Bertz CT molecular complexity index is 330. The smallest absolute Gasteiger partial charge is 0.239 e. The number of hydrogen-bond acceptors (Lipinski definition) is 3. The Hall–Kier alpha value is -0.250. The molecule has 0 saturated carbocycles. The largest absolute Gasteiger partial charge is 0.280 e. The summed E-state index contributed by atoms with van der Waals surface area (Å²) in [6.45, 7) is 1.89. The molecule has 1 heterocycles. The first-order valence-corrected chi connectivity index (χ1v) is 5.38. The fourth-order valence-electron chi connectivity index (χ4n) is 0.761. The molecule has 1 aromatic heterocycles. The molecule has 0 aliphatic carbocycles. The predicted molar refractivity (Wildman–Crippen MR) is 56.7 cm³/mol. The van der Waals surface area contributed by atoms with Crippen molar-refractivity contribution in [3.05, 3.63) is 28.0 Å². The average Bonchev–Trinajstić information content (AvgIpc) is 2.09. The molecule has 0 amide bonds. The van der Waals surface area contributed by atoms with Crippen molar-refractivity contribution in [3.8, 4) is 0 Å². The Morgan fingerprint density at radius 1 is 1.54 bits per heavy atom. The van der Waals surface area contributed by atoms with Crippen LogP contribution in [0.25, 0.3) is 0 Å². The van der Waals surface area contributed by atoms with E-state index >= 15 is 0 Å². The maximum absolute atomic E-state index is 11.4. The minimum atomic E-state index is -0.144. The first kappa shape index (κ1) is 10.8. The molecule has 0 aliphatic heterocycles. The lowest BCUT2D eigenvalue weighted by Gasteiger charge is -2.00. The fourth-order valence-corrected chi connectivity index (χ4v) is 1.71. The van der Waals surface area contributed by atoms with Gasteiger partial charge in [-0.25, -0.2) is 4.98 Å². The van der Waals surface area contributed by atoms with Crippen LogP contribution in [0, 0.1) is 0 Å². The van der Waals surface area contributed by atoms with Crippen molar-refractivity contribution in [3.63, 3.8) is 0 Å². The Morgan fingerprint density at radius 2 is 2.23 bits per heavy atom. The molecule has 0 saturated heterocycles. The van der Waals surface area contributed by atoms with Crippen molar-refractivity contribution < 1.29 is 4.79 Å². The number of hydrogen-bond donors (Lipinski definition) is 0. The van der Waals surface area contributed by atoms with Gasteiger partial charge in [0.2, 0.25) is 5.12 Å². The molecule has 0 fully saturated rings. The summed E-state index contributed by atoms with van der Waals surface area (Å²) in [6.07, 6.45) is 0. The number of halogens is 2. The van der Waals surface area contributed by atoms with E-state index in [-0.39, 0.29) is 16.0 Å². The van der Waals surface area contributed by atoms with E-state index in [9.17, 15) is 4.79 Å². The van der Waals surface area contributed by atoms with Crippen molar-refractivity contribution in [1.82, 2.24) is 4.98 Å². The van der Waals surface area contributed by atoms with Crippen LogP contribution in [0.2, 0.25) is 10.2 Å². The van der Waals surface area contributed by atoms with E-state index < -0.39 is 0 Å². The summed E-state index contributed by atoms with van der Waals surface area (Å²) in [4.78, 5) is 15.2. The molecular formula is C8H7Cl2NOS. The zero-order chi connectivity index (χ0) is 9.84. The molecule has 0 aliphatic rings. The quantitative estimate of drug-likeness (QED) is 0.738. The number of aromatic nitrogens is 1. The minimum absolute atomic E-state index is 0.144. The summed E-state index contributed by atoms with van der Waals surface area (Å²) < 4.78 is 0. The van der Waals surface area contributed by atoms with Gasteiger partial charge < -0.3 is 0 Å². The van der Waals surface area contributed by atoms with Gasteiger partial charge in [0.1, 0.15) is 10.8 Å². The highest BCUT2D eigenvalue weighted by molar-refractivity contribution is 8.14. The van der Waals surface area contributed by atoms with E-state index in [1.165, 1.54) is 0 Å². The van der Waals surface area contributed by atoms with Gasteiger partial charge in [-0.15, -0.1) is 0 Å². The van der Waals surface area contributed by atoms with Crippen molar-refractivity contribution in [2.45, 2.75) is 6.92 Å². The van der Waals surface area contributed by atoms with Gasteiger partial charge in [0.05, 0.1) is 5.02 Å². The number of carbonyl (C=O) groups is 1. The highest BCUT2D eigenvalue weighted by Crippen LogP contribution is 2.21. The van der Waals surface area contributed by atoms with E-state index in [2.05, 4.69) is 4.98 Å². The van der Waals surface area contributed by atoms with Gasteiger partial charge in [-0.3, -0.25) is 4.79 Å². The molecule has 0 radical (unpaired) electrons. The second-order valence-corrected chi connectivity index (χ2v) is 4.22. The maximum atomic E-state index is 11.4. The second-order valence-electron chi connectivity index (χ2n) is 2.18. The van der Waals surface area contributed by atoms with E-state index in [1.54, 1.807) is 12.1 Å². The summed E-state index contributed by atoms with van der Waals surface area (Å²) in [6, 6.07) is 3.12. The van der Waals surface area contributed by atoms with Crippen molar-refractivity contribution in [2.75, 3.05) is 5.75 Å². The number of carbonyl (C=O) groups excluding carboxylic acids is 1. The molecule has 1 aromatic rings. The molecule has 0 aromatic carbocycles. The van der Waals surface area contributed by atoms with Gasteiger partial charge in [-0.05, 0) is 17.9 Å². The van der Waals surface area contributed by atoms with Gasteiger partial charge in [0.15, 0.2) is 0 Å². The van der Waals surface area contributed by atoms with Crippen LogP contribution in [-0.4, -0.2) is 15.9 Å². The topological polar surface area (TPSA) is 30.0 Å². The van der Waals surface area contributed by atoms with Crippen molar-refractivity contribution >= 4 is 40.1 Å². The molecule has 0 N–H and O–H groups in total. The van der Waals surface area contributed by atoms with Crippen LogP contribution in [0.1, 0.15) is 17.4 Å². The zero-order valence-corrected chi connectivity index (χ0v) is 9.21. The van der Waals surface area contributed by atoms with Gasteiger partial charge in [0.25, 0.3) is 0 Å². The van der Waals surface area contributed by atoms with Crippen LogP contribution in [-0.2, 0) is 0 Å². The Kier molecular flexibility index (Phi) is 4.03. The molecule has 0 bridgehead atoms. The first-order chi connectivity index (χ1) is 6.15. The third kappa shape index (κ3) is 2.86. The van der Waals surface area contributed by atoms with E-state index in [0.717, 1.165) is 11.8 Å². The van der Waals surface area contributed by atoms with E-state index in [0.29, 0.717) is 10.8 Å². The summed E-state index contributed by atoms with van der Waals surface area (Å²) in [7, 11) is 0. The van der Waals surface area contributed by atoms with Crippen LogP contribution in [0.5, 0.6) is 0 Å². The predicted octanol–water partition coefficient (Wildman–Crippen LogP) is 3.28. The maximum Gasteiger partial charge on any atom is 0.239 e. The average molecular weight is 236 g/mol. The van der Waals surface area contributed by atoms with Crippen LogP contribution in [0.3, 0.4) is 0 Å². The molecule has 5 heteroatoms. The van der Waals surface area contributed by atoms with Gasteiger partial charge in [-0.1, -0.05) is 41.9 Å². The van der Waals surface area contributed by atoms with Gasteiger partial charge in [0, 0.05) is 0 Å². The lowest BCUT2D eigenvalue weighted by atomic mass is 10.4. The van der Waals surface area contributed by atoms with Crippen LogP contribution in [0.15, 0.2) is 12.1 Å². The van der Waals surface area contributed by atoms with Crippen LogP contribution >= 0.6 is 35.0 Å². The lowest BCUT2D eigenvalue weighted by molar-refractivity contribution is 0.108. The monoisotopic (exact) mass is 235 g/mol. The molecule has 1 rings (SSSR count). The summed E-state index contributed by atoms with van der Waals surface area (Å²) in [5.41, 5.74) is 0.237. The molecule has 13 heavy (non-hydrogen) atoms. The number of pyridine rings is 1. The summed E-state index contributed by atoms with van der Waals surface area (Å²) in [5.74, 6) is 0.698. The number of thioether (sulfide) groups is 1. The molecule has 0 atom stereocenters. The molecule has 0 unspecified atom stereocenters. The van der Waals surface area contributed by atoms with Crippen molar-refractivity contribution in [1.29, 1.82) is 0 Å². The molecule has 70 valence electrons. The minimum Gasteiger partial charge on any atom is -0.280 e. The van der Waals surface area contributed by atoms with Gasteiger partial charge in [-0.2, -0.15) is 0 Å². The Morgan fingerprint density at radius 3 is 2.85 bits per heavy atom. The first-order valence-electron chi connectivity index (χ1n) is 3.64. The third-order valence-corrected chi connectivity index (χ3v) is 2.54. The molecular weight excluding hydrogens is 229 g/mol.